The molecule has 1 aliphatic rings. The largest absolute Gasteiger partial charge is 0.497 e. The Morgan fingerprint density at radius 1 is 1.25 bits per heavy atom. The van der Waals surface area contributed by atoms with E-state index in [0.29, 0.717) is 43.0 Å². The number of rotatable bonds is 6. The summed E-state index contributed by atoms with van der Waals surface area (Å²) >= 11 is 0. The second-order valence-electron chi connectivity index (χ2n) is 6.32. The molecule has 28 heavy (non-hydrogen) atoms. The van der Waals surface area contributed by atoms with Gasteiger partial charge in [0.2, 0.25) is 5.82 Å². The molecule has 2 heterocycles. The lowest BCUT2D eigenvalue weighted by Crippen LogP contribution is -2.37. The Morgan fingerprint density at radius 2 is 1.96 bits per heavy atom. The van der Waals surface area contributed by atoms with Gasteiger partial charge in [-0.3, -0.25) is 14.9 Å². The van der Waals surface area contributed by atoms with Gasteiger partial charge < -0.3 is 19.5 Å². The number of carbonyl (C=O) groups is 1. The van der Waals surface area contributed by atoms with Gasteiger partial charge in [0.1, 0.15) is 17.8 Å². The van der Waals surface area contributed by atoms with Crippen molar-refractivity contribution in [2.24, 2.45) is 5.92 Å². The molecule has 1 N–H and O–H groups in total. The molecular weight excluding hydrogens is 368 g/mol. The van der Waals surface area contributed by atoms with Crippen molar-refractivity contribution in [3.8, 4) is 22.8 Å². The maximum Gasteiger partial charge on any atom is 0.337 e. The fraction of sp³-hybridized carbons (Fsp3) is 0.389. The molecule has 0 aliphatic carbocycles. The van der Waals surface area contributed by atoms with Crippen LogP contribution >= 0.6 is 0 Å². The van der Waals surface area contributed by atoms with Crippen LogP contribution in [0.4, 0.5) is 11.5 Å². The molecule has 0 saturated carbocycles. The summed E-state index contributed by atoms with van der Waals surface area (Å²) < 4.78 is 10.6. The number of hydrogen-bond donors (Lipinski definition) is 1. The van der Waals surface area contributed by atoms with Gasteiger partial charge >= 0.3 is 11.7 Å². The fourth-order valence-corrected chi connectivity index (χ4v) is 3.30. The first-order chi connectivity index (χ1) is 13.5. The van der Waals surface area contributed by atoms with E-state index in [1.165, 1.54) is 20.5 Å². The topological polar surface area (TPSA) is 128 Å². The summed E-state index contributed by atoms with van der Waals surface area (Å²) in [5.41, 5.74) is 0.284. The maximum atomic E-state index is 11.9. The number of anilines is 1. The highest BCUT2D eigenvalue weighted by molar-refractivity contribution is 5.81. The molecule has 0 unspecified atom stereocenters. The van der Waals surface area contributed by atoms with Crippen molar-refractivity contribution < 1.29 is 24.3 Å². The summed E-state index contributed by atoms with van der Waals surface area (Å²) in [4.78, 5) is 32.6. The van der Waals surface area contributed by atoms with Crippen LogP contribution < -0.4 is 14.4 Å². The third-order valence-electron chi connectivity index (χ3n) is 4.79. The molecule has 1 saturated heterocycles. The van der Waals surface area contributed by atoms with Gasteiger partial charge in [-0.05, 0) is 31.0 Å². The number of carboxylic acid groups (broad SMARTS) is 1. The quantitative estimate of drug-likeness (QED) is 0.586. The number of aromatic nitrogens is 2. The minimum absolute atomic E-state index is 0.117. The molecule has 1 aromatic carbocycles. The zero-order valence-corrected chi connectivity index (χ0v) is 15.5. The summed E-state index contributed by atoms with van der Waals surface area (Å²) in [5.74, 6) is -0.205. The minimum atomic E-state index is -0.848. The van der Waals surface area contributed by atoms with Crippen molar-refractivity contribution in [3.63, 3.8) is 0 Å². The number of hydrogen-bond acceptors (Lipinski definition) is 8. The normalized spacial score (nSPS) is 14.6. The molecule has 0 amide bonds. The Hall–Kier alpha value is -3.43. The van der Waals surface area contributed by atoms with Crippen LogP contribution in [0, 0.1) is 16.0 Å². The molecule has 1 aliphatic heterocycles. The Kier molecular flexibility index (Phi) is 5.57. The van der Waals surface area contributed by atoms with Crippen LogP contribution in [0.15, 0.2) is 24.5 Å². The van der Waals surface area contributed by atoms with Crippen LogP contribution in [0.2, 0.25) is 0 Å². The highest BCUT2D eigenvalue weighted by Crippen LogP contribution is 2.41. The number of ether oxygens (including phenoxy) is 2. The van der Waals surface area contributed by atoms with E-state index in [2.05, 4.69) is 9.97 Å². The highest BCUT2D eigenvalue weighted by atomic mass is 16.6. The van der Waals surface area contributed by atoms with Gasteiger partial charge in [-0.1, -0.05) is 0 Å². The van der Waals surface area contributed by atoms with E-state index < -0.39 is 16.8 Å². The third kappa shape index (κ3) is 3.66. The van der Waals surface area contributed by atoms with E-state index in [1.54, 1.807) is 23.1 Å². The molecule has 3 rings (SSSR count). The van der Waals surface area contributed by atoms with Crippen molar-refractivity contribution in [2.45, 2.75) is 12.8 Å². The smallest absolute Gasteiger partial charge is 0.337 e. The summed E-state index contributed by atoms with van der Waals surface area (Å²) in [6, 6.07) is 4.96. The number of nitrogens with zero attached hydrogens (tertiary/aromatic N) is 4. The number of aliphatic carboxylic acids is 1. The van der Waals surface area contributed by atoms with Gasteiger partial charge in [-0.25, -0.2) is 9.97 Å². The Balaban J connectivity index is 2.07. The van der Waals surface area contributed by atoms with Crippen LogP contribution in [0.3, 0.4) is 0 Å². The SMILES string of the molecule is COc1ccc(OC)c(-c2ncnc(N3CCC(C(=O)O)CC3)c2[N+](=O)[O-])c1. The molecule has 0 radical (unpaired) electrons. The molecular formula is C18H20N4O6. The van der Waals surface area contributed by atoms with E-state index in [9.17, 15) is 14.9 Å². The van der Waals surface area contributed by atoms with E-state index in [0.717, 1.165) is 0 Å². The minimum Gasteiger partial charge on any atom is -0.497 e. The van der Waals surface area contributed by atoms with E-state index in [1.807, 2.05) is 0 Å². The second-order valence-corrected chi connectivity index (χ2v) is 6.32. The summed E-state index contributed by atoms with van der Waals surface area (Å²) in [7, 11) is 2.97. The molecule has 0 bridgehead atoms. The third-order valence-corrected chi connectivity index (χ3v) is 4.79. The number of methoxy groups -OCH3 is 2. The Labute approximate surface area is 160 Å². The lowest BCUT2D eigenvalue weighted by molar-refractivity contribution is -0.383. The summed E-state index contributed by atoms with van der Waals surface area (Å²) in [6.45, 7) is 0.729. The fourth-order valence-electron chi connectivity index (χ4n) is 3.30. The van der Waals surface area contributed by atoms with E-state index in [-0.39, 0.29) is 17.2 Å². The van der Waals surface area contributed by atoms with Crippen molar-refractivity contribution >= 4 is 17.5 Å². The number of piperidine rings is 1. The number of carboxylic acids is 1. The van der Waals surface area contributed by atoms with Crippen molar-refractivity contribution in [3.05, 3.63) is 34.6 Å². The van der Waals surface area contributed by atoms with Crippen LogP contribution in [0.1, 0.15) is 12.8 Å². The molecule has 0 spiro atoms. The Morgan fingerprint density at radius 3 is 2.54 bits per heavy atom. The summed E-state index contributed by atoms with van der Waals surface area (Å²) in [6.07, 6.45) is 2.06. The van der Waals surface area contributed by atoms with E-state index in [4.69, 9.17) is 14.6 Å². The van der Waals surface area contributed by atoms with E-state index >= 15 is 0 Å². The van der Waals surface area contributed by atoms with Gasteiger partial charge in [0.05, 0.1) is 30.6 Å². The zero-order chi connectivity index (χ0) is 20.3. The van der Waals surface area contributed by atoms with Gasteiger partial charge in [0.25, 0.3) is 0 Å². The maximum absolute atomic E-state index is 11.9. The van der Waals surface area contributed by atoms with Gasteiger partial charge in [-0.15, -0.1) is 0 Å². The van der Waals surface area contributed by atoms with Gasteiger partial charge in [-0.2, -0.15) is 0 Å². The lowest BCUT2D eigenvalue weighted by Gasteiger charge is -2.30. The van der Waals surface area contributed by atoms with Crippen molar-refractivity contribution in [2.75, 3.05) is 32.2 Å². The molecule has 0 atom stereocenters. The zero-order valence-electron chi connectivity index (χ0n) is 15.5. The average Bonchev–Trinajstić information content (AvgIpc) is 2.72. The Bertz CT molecular complexity index is 896. The molecule has 10 nitrogen and oxygen atoms in total. The van der Waals surface area contributed by atoms with Crippen molar-refractivity contribution in [1.29, 1.82) is 0 Å². The van der Waals surface area contributed by atoms with Crippen LogP contribution in [-0.2, 0) is 4.79 Å². The average molecular weight is 388 g/mol. The van der Waals surface area contributed by atoms with Gasteiger partial charge in [0.15, 0.2) is 5.69 Å². The lowest BCUT2D eigenvalue weighted by atomic mass is 9.97. The number of nitro groups is 1. The molecule has 1 aromatic heterocycles. The first-order valence-corrected chi connectivity index (χ1v) is 8.65. The molecule has 2 aromatic rings. The first-order valence-electron chi connectivity index (χ1n) is 8.65. The molecule has 1 fully saturated rings. The van der Waals surface area contributed by atoms with Crippen molar-refractivity contribution in [1.82, 2.24) is 9.97 Å². The number of benzene rings is 1. The second kappa shape index (κ2) is 8.07. The predicted molar refractivity (Wildman–Crippen MR) is 99.8 cm³/mol. The summed E-state index contributed by atoms with van der Waals surface area (Å²) in [5, 5.41) is 21.1. The van der Waals surface area contributed by atoms with Crippen LogP contribution in [-0.4, -0.2) is 53.3 Å². The van der Waals surface area contributed by atoms with Crippen LogP contribution in [0.5, 0.6) is 11.5 Å². The van der Waals surface area contributed by atoms with Crippen LogP contribution in [0.25, 0.3) is 11.3 Å². The standard InChI is InChI=1S/C18H20N4O6/c1-27-12-3-4-14(28-2)13(9-12)15-16(22(25)26)17(20-10-19-15)21-7-5-11(6-8-21)18(23)24/h3-4,9-11H,5-8H2,1-2H3,(H,23,24). The first kappa shape index (κ1) is 19.3. The predicted octanol–water partition coefficient (Wildman–Crippen LogP) is 2.37. The molecule has 148 valence electrons. The molecule has 10 heteroatoms. The highest BCUT2D eigenvalue weighted by Gasteiger charge is 2.32. The monoisotopic (exact) mass is 388 g/mol. The van der Waals surface area contributed by atoms with Gasteiger partial charge in [0, 0.05) is 13.1 Å².